The average molecular weight is 402 g/mol. The number of benzene rings is 1. The number of amides is 1. The minimum absolute atomic E-state index is 0.211. The lowest BCUT2D eigenvalue weighted by molar-refractivity contribution is 0.0957. The second-order valence-electron chi connectivity index (χ2n) is 6.81. The van der Waals surface area contributed by atoms with Crippen LogP contribution in [0.4, 0.5) is 0 Å². The van der Waals surface area contributed by atoms with Gasteiger partial charge in [0.25, 0.3) is 5.91 Å². The summed E-state index contributed by atoms with van der Waals surface area (Å²) in [6.45, 7) is 1.82. The number of hydrogen-bond donors (Lipinski definition) is 1. The second kappa shape index (κ2) is 8.56. The highest BCUT2D eigenvalue weighted by atomic mass is 35.5. The van der Waals surface area contributed by atoms with Gasteiger partial charge in [0.1, 0.15) is 17.0 Å². The summed E-state index contributed by atoms with van der Waals surface area (Å²) in [6, 6.07) is 3.87. The maximum absolute atomic E-state index is 10.9. The number of carbonyl (C=O) groups excluding carboxylic acids is 1. The van der Waals surface area contributed by atoms with Crippen molar-refractivity contribution in [1.82, 2.24) is 24.8 Å². The molecule has 8 heteroatoms. The Labute approximate surface area is 169 Å². The van der Waals surface area contributed by atoms with Crippen LogP contribution in [-0.2, 0) is 13.5 Å². The molecule has 7 nitrogen and oxygen atoms in total. The van der Waals surface area contributed by atoms with Gasteiger partial charge in [-0.3, -0.25) is 9.78 Å². The van der Waals surface area contributed by atoms with Crippen LogP contribution in [0.3, 0.4) is 0 Å². The van der Waals surface area contributed by atoms with Gasteiger partial charge in [-0.25, -0.2) is 9.97 Å². The number of hydrogen-bond acceptors (Lipinski definition) is 5. The number of nitrogens with zero attached hydrogens (tertiary/aromatic N) is 4. The topological polar surface area (TPSA) is 81.9 Å². The summed E-state index contributed by atoms with van der Waals surface area (Å²) in [7, 11) is 5.25. The highest BCUT2D eigenvalue weighted by Gasteiger charge is 2.24. The van der Waals surface area contributed by atoms with Crippen LogP contribution in [0.15, 0.2) is 24.5 Å². The number of carbonyl (C=O) groups is 1. The SMILES string of the molecule is CNC(=O)c1cnc(C)cn1.COc1c(Cl)ccc2c1nc(CC1CC1)n2C. The van der Waals surface area contributed by atoms with Crippen molar-refractivity contribution in [3.63, 3.8) is 0 Å². The van der Waals surface area contributed by atoms with E-state index in [1.54, 1.807) is 20.4 Å². The van der Waals surface area contributed by atoms with Crippen LogP contribution >= 0.6 is 11.6 Å². The highest BCUT2D eigenvalue weighted by Crippen LogP contribution is 2.36. The van der Waals surface area contributed by atoms with Gasteiger partial charge in [-0.2, -0.15) is 0 Å². The molecule has 0 spiro atoms. The van der Waals surface area contributed by atoms with Crippen molar-refractivity contribution >= 4 is 28.5 Å². The lowest BCUT2D eigenvalue weighted by Gasteiger charge is -2.03. The summed E-state index contributed by atoms with van der Waals surface area (Å²) in [5.41, 5.74) is 3.11. The van der Waals surface area contributed by atoms with Gasteiger partial charge in [0.05, 0.1) is 29.5 Å². The molecule has 1 aromatic carbocycles. The summed E-state index contributed by atoms with van der Waals surface area (Å²) in [5.74, 6) is 2.43. The number of imidazole rings is 1. The number of nitrogens with one attached hydrogen (secondary N) is 1. The van der Waals surface area contributed by atoms with Crippen molar-refractivity contribution in [3.05, 3.63) is 46.8 Å². The number of rotatable bonds is 4. The smallest absolute Gasteiger partial charge is 0.271 e. The van der Waals surface area contributed by atoms with Gasteiger partial charge in [-0.15, -0.1) is 0 Å². The van der Waals surface area contributed by atoms with Crippen LogP contribution in [0.25, 0.3) is 11.0 Å². The maximum Gasteiger partial charge on any atom is 0.271 e. The third-order valence-corrected chi connectivity index (χ3v) is 4.96. The normalized spacial score (nSPS) is 13.0. The van der Waals surface area contributed by atoms with Gasteiger partial charge in [-0.05, 0) is 37.8 Å². The minimum Gasteiger partial charge on any atom is -0.493 e. The number of ether oxygens (including phenoxy) is 1. The van der Waals surface area contributed by atoms with Gasteiger partial charge in [0, 0.05) is 26.7 Å². The molecule has 28 heavy (non-hydrogen) atoms. The van der Waals surface area contributed by atoms with Gasteiger partial charge in [0.15, 0.2) is 5.75 Å². The van der Waals surface area contributed by atoms with Crippen molar-refractivity contribution in [3.8, 4) is 5.75 Å². The molecule has 1 aliphatic rings. The van der Waals surface area contributed by atoms with Crippen LogP contribution in [0.2, 0.25) is 5.02 Å². The molecule has 0 aliphatic heterocycles. The summed E-state index contributed by atoms with van der Waals surface area (Å²) >= 11 is 6.11. The molecule has 0 radical (unpaired) electrons. The average Bonchev–Trinajstić information content (AvgIpc) is 3.46. The molecule has 2 aromatic heterocycles. The Morgan fingerprint density at radius 3 is 2.64 bits per heavy atom. The first-order valence-corrected chi connectivity index (χ1v) is 9.51. The molecule has 1 saturated carbocycles. The molecule has 0 bridgehead atoms. The van der Waals surface area contributed by atoms with E-state index in [4.69, 9.17) is 16.3 Å². The minimum atomic E-state index is -0.211. The van der Waals surface area contributed by atoms with E-state index in [9.17, 15) is 4.79 Å². The molecule has 0 atom stereocenters. The zero-order valence-corrected chi connectivity index (χ0v) is 17.2. The fourth-order valence-corrected chi connectivity index (χ4v) is 3.08. The van der Waals surface area contributed by atoms with E-state index < -0.39 is 0 Å². The van der Waals surface area contributed by atoms with Crippen LogP contribution < -0.4 is 10.1 Å². The molecule has 1 aliphatic carbocycles. The van der Waals surface area contributed by atoms with Gasteiger partial charge in [-0.1, -0.05) is 11.6 Å². The predicted octanol–water partition coefficient (Wildman–Crippen LogP) is 3.33. The van der Waals surface area contributed by atoms with Crippen LogP contribution in [0.5, 0.6) is 5.75 Å². The number of fused-ring (bicyclic) bond motifs is 1. The Morgan fingerprint density at radius 1 is 1.32 bits per heavy atom. The molecule has 1 N–H and O–H groups in total. The lowest BCUT2D eigenvalue weighted by atomic mass is 10.3. The van der Waals surface area contributed by atoms with Crippen molar-refractivity contribution < 1.29 is 9.53 Å². The molecule has 1 amide bonds. The van der Waals surface area contributed by atoms with Crippen LogP contribution in [0, 0.1) is 12.8 Å². The fourth-order valence-electron chi connectivity index (χ4n) is 2.85. The third kappa shape index (κ3) is 4.42. The molecule has 1 fully saturated rings. The third-order valence-electron chi connectivity index (χ3n) is 4.66. The first kappa shape index (κ1) is 20.1. The predicted molar refractivity (Wildman–Crippen MR) is 109 cm³/mol. The molecule has 2 heterocycles. The van der Waals surface area contributed by atoms with Crippen molar-refractivity contribution in [2.24, 2.45) is 13.0 Å². The molecule has 0 unspecified atom stereocenters. The Balaban J connectivity index is 0.000000178. The van der Waals surface area contributed by atoms with E-state index in [-0.39, 0.29) is 5.91 Å². The van der Waals surface area contributed by atoms with Crippen molar-refractivity contribution in [2.75, 3.05) is 14.2 Å². The largest absolute Gasteiger partial charge is 0.493 e. The van der Waals surface area contributed by atoms with Crippen molar-refractivity contribution in [1.29, 1.82) is 0 Å². The summed E-state index contributed by atoms with van der Waals surface area (Å²) in [5, 5.41) is 3.08. The Bertz CT molecular complexity index is 980. The Morgan fingerprint density at radius 2 is 2.07 bits per heavy atom. The maximum atomic E-state index is 10.9. The van der Waals surface area contributed by atoms with Gasteiger partial charge >= 0.3 is 0 Å². The van der Waals surface area contributed by atoms with E-state index in [0.717, 1.165) is 34.9 Å². The van der Waals surface area contributed by atoms with Crippen LogP contribution in [-0.4, -0.2) is 39.6 Å². The summed E-state index contributed by atoms with van der Waals surface area (Å²) in [6.07, 6.45) is 6.74. The van der Waals surface area contributed by atoms with Gasteiger partial charge < -0.3 is 14.6 Å². The number of aromatic nitrogens is 4. The summed E-state index contributed by atoms with van der Waals surface area (Å²) in [4.78, 5) is 23.4. The lowest BCUT2D eigenvalue weighted by Crippen LogP contribution is -2.19. The van der Waals surface area contributed by atoms with Crippen molar-refractivity contribution in [2.45, 2.75) is 26.2 Å². The first-order chi connectivity index (χ1) is 13.4. The Hall–Kier alpha value is -2.67. The quantitative estimate of drug-likeness (QED) is 0.725. The van der Waals surface area contributed by atoms with E-state index in [2.05, 4.69) is 31.9 Å². The summed E-state index contributed by atoms with van der Waals surface area (Å²) < 4.78 is 7.48. The standard InChI is InChI=1S/C13H15ClN2O.C7H9N3O/c1-16-10-6-5-9(14)13(17-2)12(10)15-11(16)7-8-3-4-8;1-5-3-10-6(4-9-5)7(11)8-2/h5-6,8H,3-4,7H2,1-2H3;3-4H,1-2H3,(H,8,11). The molecular weight excluding hydrogens is 378 g/mol. The van der Waals surface area contributed by atoms with E-state index >= 15 is 0 Å². The zero-order valence-electron chi connectivity index (χ0n) is 16.5. The molecular formula is C20H24ClN5O2. The highest BCUT2D eigenvalue weighted by molar-refractivity contribution is 6.33. The second-order valence-corrected chi connectivity index (χ2v) is 7.21. The fraction of sp³-hybridized carbons (Fsp3) is 0.400. The molecule has 0 saturated heterocycles. The van der Waals surface area contributed by atoms with Crippen LogP contribution in [0.1, 0.15) is 34.8 Å². The number of aryl methyl sites for hydroxylation is 2. The first-order valence-electron chi connectivity index (χ1n) is 9.13. The molecule has 4 rings (SSSR count). The number of halogens is 1. The van der Waals surface area contributed by atoms with E-state index in [1.807, 2.05) is 19.1 Å². The van der Waals surface area contributed by atoms with Gasteiger partial charge in [0.2, 0.25) is 0 Å². The molecule has 3 aromatic rings. The monoisotopic (exact) mass is 401 g/mol. The van der Waals surface area contributed by atoms with E-state index in [1.165, 1.54) is 19.0 Å². The van der Waals surface area contributed by atoms with E-state index in [0.29, 0.717) is 16.5 Å². The zero-order chi connectivity index (χ0) is 20.3. The Kier molecular flexibility index (Phi) is 6.14. The number of methoxy groups -OCH3 is 1. The molecule has 148 valence electrons.